The van der Waals surface area contributed by atoms with Gasteiger partial charge in [-0.1, -0.05) is 23.5 Å². The van der Waals surface area contributed by atoms with Crippen LogP contribution in [0.15, 0.2) is 42.9 Å². The molecule has 0 aliphatic carbocycles. The molecule has 2 atom stereocenters. The van der Waals surface area contributed by atoms with Gasteiger partial charge in [-0.15, -0.1) is 10.2 Å². The highest BCUT2D eigenvalue weighted by molar-refractivity contribution is 7.13. The monoisotopic (exact) mass is 517 g/mol. The van der Waals surface area contributed by atoms with Gasteiger partial charge in [0, 0.05) is 50.1 Å². The molecule has 3 N–H and O–H groups in total. The Hall–Kier alpha value is -3.74. The Balaban J connectivity index is 1.35. The van der Waals surface area contributed by atoms with Crippen LogP contribution in [0.25, 0.3) is 11.3 Å². The number of anilines is 2. The van der Waals surface area contributed by atoms with E-state index < -0.39 is 5.91 Å². The van der Waals surface area contributed by atoms with Crippen molar-refractivity contribution in [1.82, 2.24) is 34.8 Å². The number of nitrogens with one attached hydrogen (secondary N) is 1. The van der Waals surface area contributed by atoms with Crippen LogP contribution >= 0.6 is 11.3 Å². The second kappa shape index (κ2) is 9.96. The van der Waals surface area contributed by atoms with E-state index in [2.05, 4.69) is 48.7 Å². The van der Waals surface area contributed by atoms with Crippen molar-refractivity contribution in [2.75, 3.05) is 25.1 Å². The summed E-state index contributed by atoms with van der Waals surface area (Å²) in [5.41, 5.74) is 10.5. The number of aryl methyl sites for hydroxylation is 1. The van der Waals surface area contributed by atoms with E-state index in [4.69, 9.17) is 15.5 Å². The number of primary amides is 1. The molecule has 1 fully saturated rings. The van der Waals surface area contributed by atoms with Crippen LogP contribution in [0, 0.1) is 0 Å². The van der Waals surface area contributed by atoms with E-state index in [1.165, 1.54) is 22.5 Å². The quantitative estimate of drug-likeness (QED) is 0.395. The molecule has 2 aliphatic heterocycles. The predicted octanol–water partition coefficient (Wildman–Crippen LogP) is 2.70. The normalized spacial score (nSPS) is 19.9. The van der Waals surface area contributed by atoms with Crippen molar-refractivity contribution in [1.29, 1.82) is 0 Å². The van der Waals surface area contributed by atoms with Crippen molar-refractivity contribution in [3.63, 3.8) is 0 Å². The lowest BCUT2D eigenvalue weighted by Gasteiger charge is -2.26. The van der Waals surface area contributed by atoms with Crippen LogP contribution in [-0.4, -0.2) is 66.6 Å². The largest absolute Gasteiger partial charge is 0.380 e. The number of carbonyl (C=O) groups is 1. The first-order chi connectivity index (χ1) is 18.0. The van der Waals surface area contributed by atoms with Crippen LogP contribution < -0.4 is 11.1 Å². The third-order valence-electron chi connectivity index (χ3n) is 6.88. The maximum Gasteiger partial charge on any atom is 0.279 e. The van der Waals surface area contributed by atoms with Crippen LogP contribution in [0.2, 0.25) is 0 Å². The molecule has 37 heavy (non-hydrogen) atoms. The average Bonchev–Trinajstić information content (AvgIpc) is 3.65. The molecule has 11 nitrogen and oxygen atoms in total. The minimum absolute atomic E-state index is 0.0372. The second-order valence-electron chi connectivity index (χ2n) is 9.35. The van der Waals surface area contributed by atoms with Gasteiger partial charge in [0.25, 0.3) is 5.91 Å². The smallest absolute Gasteiger partial charge is 0.279 e. The fourth-order valence-electron chi connectivity index (χ4n) is 5.04. The zero-order chi connectivity index (χ0) is 25.4. The first kappa shape index (κ1) is 23.6. The minimum Gasteiger partial charge on any atom is -0.380 e. The van der Waals surface area contributed by atoms with Crippen molar-refractivity contribution in [2.24, 2.45) is 12.8 Å². The molecular weight excluding hydrogens is 490 g/mol. The Kier molecular flexibility index (Phi) is 6.37. The van der Waals surface area contributed by atoms with E-state index in [-0.39, 0.29) is 10.9 Å². The fourth-order valence-corrected chi connectivity index (χ4v) is 5.89. The third-order valence-corrected chi connectivity index (χ3v) is 7.93. The summed E-state index contributed by atoms with van der Waals surface area (Å²) in [6.45, 7) is 3.26. The van der Waals surface area contributed by atoms with Gasteiger partial charge in [0.05, 0.1) is 24.2 Å². The molecule has 190 valence electrons. The van der Waals surface area contributed by atoms with Gasteiger partial charge in [-0.3, -0.25) is 14.4 Å². The summed E-state index contributed by atoms with van der Waals surface area (Å²) >= 11 is 1.28. The van der Waals surface area contributed by atoms with Crippen LogP contribution in [0.5, 0.6) is 0 Å². The Morgan fingerprint density at radius 1 is 1.24 bits per heavy atom. The first-order valence-corrected chi connectivity index (χ1v) is 13.0. The average molecular weight is 518 g/mol. The molecule has 1 amide bonds. The highest BCUT2D eigenvalue weighted by Gasteiger charge is 2.31. The zero-order valence-corrected chi connectivity index (χ0v) is 21.2. The maximum atomic E-state index is 11.7. The van der Waals surface area contributed by atoms with Gasteiger partial charge in [0.2, 0.25) is 11.0 Å². The number of carbonyl (C=O) groups excluding carboxylic acids is 1. The van der Waals surface area contributed by atoms with Crippen molar-refractivity contribution < 1.29 is 9.53 Å². The summed E-state index contributed by atoms with van der Waals surface area (Å²) in [5.74, 6) is 0.00297. The van der Waals surface area contributed by atoms with Crippen molar-refractivity contribution >= 4 is 28.9 Å². The minimum atomic E-state index is -0.544. The number of benzene rings is 1. The highest BCUT2D eigenvalue weighted by atomic mass is 32.1. The molecule has 0 saturated carbocycles. The molecule has 0 spiro atoms. The summed E-state index contributed by atoms with van der Waals surface area (Å²) in [5, 5.41) is 16.8. The van der Waals surface area contributed by atoms with Gasteiger partial charge in [0.1, 0.15) is 5.01 Å². The number of hydrogen-bond acceptors (Lipinski definition) is 10. The fraction of sp³-hybridized carbons (Fsp3) is 0.360. The number of hydrogen-bond donors (Lipinski definition) is 2. The molecule has 5 heterocycles. The van der Waals surface area contributed by atoms with Crippen molar-refractivity contribution in [3.05, 3.63) is 64.0 Å². The van der Waals surface area contributed by atoms with Gasteiger partial charge >= 0.3 is 0 Å². The summed E-state index contributed by atoms with van der Waals surface area (Å²) < 4.78 is 7.42. The lowest BCUT2D eigenvalue weighted by atomic mass is 9.91. The Morgan fingerprint density at radius 3 is 2.92 bits per heavy atom. The zero-order valence-electron chi connectivity index (χ0n) is 20.4. The van der Waals surface area contributed by atoms with Gasteiger partial charge < -0.3 is 15.8 Å². The van der Waals surface area contributed by atoms with Gasteiger partial charge in [-0.05, 0) is 42.6 Å². The Bertz CT molecular complexity index is 1430. The molecular formula is C25H27N9O2S. The number of aromatic nitrogens is 6. The third kappa shape index (κ3) is 4.95. The molecule has 12 heteroatoms. The van der Waals surface area contributed by atoms with E-state index >= 15 is 0 Å². The molecule has 0 unspecified atom stereocenters. The van der Waals surface area contributed by atoms with E-state index in [1.807, 2.05) is 19.3 Å². The Morgan fingerprint density at radius 2 is 2.16 bits per heavy atom. The second-order valence-corrected chi connectivity index (χ2v) is 10.4. The van der Waals surface area contributed by atoms with Gasteiger partial charge in [-0.2, -0.15) is 5.10 Å². The van der Waals surface area contributed by atoms with E-state index in [0.29, 0.717) is 12.0 Å². The van der Waals surface area contributed by atoms with Crippen LogP contribution in [0.4, 0.5) is 11.6 Å². The summed E-state index contributed by atoms with van der Waals surface area (Å²) in [6, 6.07) is 8.76. The number of nitrogens with two attached hydrogens (primary N) is 1. The van der Waals surface area contributed by atoms with Crippen molar-refractivity contribution in [3.8, 4) is 11.3 Å². The maximum absolute atomic E-state index is 11.7. The number of rotatable bonds is 6. The molecule has 0 bridgehead atoms. The number of fused-ring (bicyclic) bond motifs is 1. The lowest BCUT2D eigenvalue weighted by Crippen LogP contribution is -2.35. The predicted molar refractivity (Wildman–Crippen MR) is 138 cm³/mol. The molecule has 0 radical (unpaired) electrons. The molecule has 6 rings (SSSR count). The van der Waals surface area contributed by atoms with E-state index in [1.54, 1.807) is 17.1 Å². The van der Waals surface area contributed by atoms with Crippen LogP contribution in [0.3, 0.4) is 0 Å². The number of amides is 1. The van der Waals surface area contributed by atoms with E-state index in [9.17, 15) is 4.79 Å². The summed E-state index contributed by atoms with van der Waals surface area (Å²) in [6.07, 6.45) is 7.26. The molecule has 1 saturated heterocycles. The number of ether oxygens (including phenoxy) is 1. The van der Waals surface area contributed by atoms with E-state index in [0.717, 1.165) is 61.1 Å². The lowest BCUT2D eigenvalue weighted by molar-refractivity contribution is 0.0999. The molecule has 1 aromatic carbocycles. The van der Waals surface area contributed by atoms with Crippen LogP contribution in [0.1, 0.15) is 44.7 Å². The standard InChI is InChI=1S/C25H27N9O2S/c1-33-13-17(11-28-33)29-25-27-7-4-21(30-25)15-2-3-19-16(10-15)12-34(18-6-9-36-14-18)8-5-20(19)23-31-32-24(37-23)22(26)35/h2-4,7,10-11,13,18,20H,5-6,8-9,12,14H2,1H3,(H2,26,35)(H,27,29,30)/t18-,20+/m1/s1. The highest BCUT2D eigenvalue weighted by Crippen LogP contribution is 2.38. The summed E-state index contributed by atoms with van der Waals surface area (Å²) in [4.78, 5) is 23.3. The topological polar surface area (TPSA) is 137 Å². The first-order valence-electron chi connectivity index (χ1n) is 12.2. The van der Waals surface area contributed by atoms with Crippen molar-refractivity contribution in [2.45, 2.75) is 31.3 Å². The summed E-state index contributed by atoms with van der Waals surface area (Å²) in [7, 11) is 1.86. The molecule has 3 aromatic heterocycles. The number of nitrogens with zero attached hydrogens (tertiary/aromatic N) is 7. The van der Waals surface area contributed by atoms with Gasteiger partial charge in [0.15, 0.2) is 0 Å². The molecule has 4 aromatic rings. The SMILES string of the molecule is Cn1cc(Nc2nccc(-c3ccc4c(c3)CN([C@@H]3CCOC3)CC[C@@H]4c3nnc(C(N)=O)s3)n2)cn1. The van der Waals surface area contributed by atoms with Crippen LogP contribution in [-0.2, 0) is 18.3 Å². The van der Waals surface area contributed by atoms with Gasteiger partial charge in [-0.25, -0.2) is 9.97 Å². The Labute approximate surface area is 217 Å². The molecule has 2 aliphatic rings.